The molecule has 2 aliphatic carbocycles. The van der Waals surface area contributed by atoms with Crippen LogP contribution in [0, 0.1) is 11.8 Å². The molecular weight excluding hydrogens is 238 g/mol. The van der Waals surface area contributed by atoms with Crippen LogP contribution in [0.2, 0.25) is 0 Å². The minimum absolute atomic E-state index is 0.372. The third-order valence-electron chi connectivity index (χ3n) is 3.72. The van der Waals surface area contributed by atoms with E-state index >= 15 is 0 Å². The Kier molecular flexibility index (Phi) is 4.61. The number of allylic oxidation sites excluding steroid dienone is 7. The van der Waals surface area contributed by atoms with Gasteiger partial charge in [-0.15, -0.1) is 0 Å². The van der Waals surface area contributed by atoms with Crippen LogP contribution in [0.25, 0.3) is 0 Å². The molecule has 1 heterocycles. The van der Waals surface area contributed by atoms with E-state index in [0.717, 1.165) is 17.5 Å². The molecule has 0 saturated heterocycles. The molecule has 2 bridgehead atoms. The molecule has 2 unspecified atom stereocenters. The second-order valence-corrected chi connectivity index (χ2v) is 5.09. The first kappa shape index (κ1) is 13.7. The molecule has 1 amide bonds. The summed E-state index contributed by atoms with van der Waals surface area (Å²) in [6, 6.07) is 0. The maximum atomic E-state index is 11.1. The molecule has 1 fully saturated rings. The molecule has 3 heteroatoms. The van der Waals surface area contributed by atoms with Gasteiger partial charge in [-0.1, -0.05) is 24.3 Å². The van der Waals surface area contributed by atoms with Gasteiger partial charge < -0.3 is 4.74 Å². The van der Waals surface area contributed by atoms with E-state index in [-0.39, 0.29) is 6.09 Å². The standard InChI is InChI=1S/C9H11NO2.C7H10/c1-8-6-4-3-5-7-10(8)9(11)12-2;1-2-7-4-3-6(1)5-7/h3-7H,1-2H3;1-2,6-7H,3-5H2. The summed E-state index contributed by atoms with van der Waals surface area (Å²) in [5.41, 5.74) is 0.840. The van der Waals surface area contributed by atoms with E-state index in [9.17, 15) is 4.79 Å². The van der Waals surface area contributed by atoms with Gasteiger partial charge in [0.05, 0.1) is 7.11 Å². The van der Waals surface area contributed by atoms with Crippen LogP contribution in [0.15, 0.2) is 48.4 Å². The van der Waals surface area contributed by atoms with Crippen molar-refractivity contribution in [3.05, 3.63) is 48.4 Å². The summed E-state index contributed by atoms with van der Waals surface area (Å²) < 4.78 is 4.58. The molecule has 3 aliphatic rings. The fourth-order valence-corrected chi connectivity index (χ4v) is 2.61. The predicted octanol–water partition coefficient (Wildman–Crippen LogP) is 4.01. The molecule has 0 aromatic carbocycles. The van der Waals surface area contributed by atoms with Crippen molar-refractivity contribution in [3.8, 4) is 0 Å². The number of carbonyl (C=O) groups excluding carboxylic acids is 1. The van der Waals surface area contributed by atoms with Gasteiger partial charge in [-0.25, -0.2) is 4.79 Å². The third-order valence-corrected chi connectivity index (χ3v) is 3.72. The van der Waals surface area contributed by atoms with Crippen LogP contribution in [0.3, 0.4) is 0 Å². The van der Waals surface area contributed by atoms with E-state index in [4.69, 9.17) is 0 Å². The minimum atomic E-state index is -0.372. The van der Waals surface area contributed by atoms with Gasteiger partial charge in [0, 0.05) is 11.9 Å². The predicted molar refractivity (Wildman–Crippen MR) is 76.3 cm³/mol. The maximum absolute atomic E-state index is 11.1. The molecule has 0 N–H and O–H groups in total. The lowest BCUT2D eigenvalue weighted by molar-refractivity contribution is 0.149. The smallest absolute Gasteiger partial charge is 0.417 e. The lowest BCUT2D eigenvalue weighted by Gasteiger charge is -2.15. The second kappa shape index (κ2) is 6.41. The number of carbonyl (C=O) groups is 1. The fraction of sp³-hybridized carbons (Fsp3) is 0.438. The molecule has 2 atom stereocenters. The fourth-order valence-electron chi connectivity index (χ4n) is 2.61. The van der Waals surface area contributed by atoms with Crippen molar-refractivity contribution in [2.75, 3.05) is 7.11 Å². The zero-order valence-corrected chi connectivity index (χ0v) is 11.6. The monoisotopic (exact) mass is 259 g/mol. The highest BCUT2D eigenvalue weighted by Crippen LogP contribution is 2.38. The average Bonchev–Trinajstić information content (AvgIpc) is 3.02. The number of hydrogen-bond donors (Lipinski definition) is 0. The number of rotatable bonds is 0. The second-order valence-electron chi connectivity index (χ2n) is 5.09. The van der Waals surface area contributed by atoms with E-state index in [2.05, 4.69) is 16.9 Å². The molecule has 1 aliphatic heterocycles. The highest BCUT2D eigenvalue weighted by Gasteiger charge is 2.25. The van der Waals surface area contributed by atoms with E-state index in [1.165, 1.54) is 31.3 Å². The first-order valence-electron chi connectivity index (χ1n) is 6.78. The van der Waals surface area contributed by atoms with Gasteiger partial charge in [-0.2, -0.15) is 0 Å². The number of fused-ring (bicyclic) bond motifs is 2. The molecule has 3 nitrogen and oxygen atoms in total. The molecule has 1 saturated carbocycles. The molecule has 0 aromatic heterocycles. The largest absolute Gasteiger partial charge is 0.452 e. The van der Waals surface area contributed by atoms with Gasteiger partial charge in [-0.3, -0.25) is 4.90 Å². The zero-order chi connectivity index (χ0) is 13.7. The van der Waals surface area contributed by atoms with Crippen molar-refractivity contribution in [2.45, 2.75) is 26.2 Å². The topological polar surface area (TPSA) is 29.5 Å². The summed E-state index contributed by atoms with van der Waals surface area (Å²) in [4.78, 5) is 12.6. The SMILES string of the molecule is C1=CC2CCC1C2.COC(=O)N1C=CC=CC=C1C. The molecule has 3 rings (SSSR count). The number of hydrogen-bond acceptors (Lipinski definition) is 2. The molecule has 0 aromatic rings. The van der Waals surface area contributed by atoms with E-state index < -0.39 is 0 Å². The van der Waals surface area contributed by atoms with Crippen LogP contribution < -0.4 is 0 Å². The van der Waals surface area contributed by atoms with Crippen molar-refractivity contribution in [3.63, 3.8) is 0 Å². The van der Waals surface area contributed by atoms with Gasteiger partial charge in [-0.05, 0) is 50.2 Å². The summed E-state index contributed by atoms with van der Waals surface area (Å²) in [5, 5.41) is 0. The molecule has 0 spiro atoms. The molecular formula is C16H21NO2. The Hall–Kier alpha value is -1.77. The van der Waals surface area contributed by atoms with E-state index in [1.807, 2.05) is 25.2 Å². The minimum Gasteiger partial charge on any atom is -0.452 e. The molecule has 102 valence electrons. The van der Waals surface area contributed by atoms with Gasteiger partial charge in [0.1, 0.15) is 0 Å². The van der Waals surface area contributed by atoms with Crippen molar-refractivity contribution >= 4 is 6.09 Å². The van der Waals surface area contributed by atoms with Gasteiger partial charge in [0.15, 0.2) is 0 Å². The lowest BCUT2D eigenvalue weighted by Crippen LogP contribution is -2.23. The van der Waals surface area contributed by atoms with Gasteiger partial charge in [0.2, 0.25) is 0 Å². The van der Waals surface area contributed by atoms with Crippen molar-refractivity contribution < 1.29 is 9.53 Å². The van der Waals surface area contributed by atoms with Crippen LogP contribution >= 0.6 is 0 Å². The van der Waals surface area contributed by atoms with Crippen molar-refractivity contribution in [1.82, 2.24) is 4.90 Å². The Morgan fingerprint density at radius 3 is 2.37 bits per heavy atom. The highest BCUT2D eigenvalue weighted by atomic mass is 16.5. The van der Waals surface area contributed by atoms with Crippen LogP contribution in [0.4, 0.5) is 4.79 Å². The first-order chi connectivity index (χ1) is 9.20. The highest BCUT2D eigenvalue weighted by molar-refractivity contribution is 5.71. The van der Waals surface area contributed by atoms with Crippen LogP contribution in [0.5, 0.6) is 0 Å². The Morgan fingerprint density at radius 2 is 1.89 bits per heavy atom. The Balaban J connectivity index is 0.000000159. The molecule has 19 heavy (non-hydrogen) atoms. The summed E-state index contributed by atoms with van der Waals surface area (Å²) in [7, 11) is 1.36. The average molecular weight is 259 g/mol. The number of methoxy groups -OCH3 is 1. The van der Waals surface area contributed by atoms with Crippen LogP contribution in [-0.4, -0.2) is 18.1 Å². The summed E-state index contributed by atoms with van der Waals surface area (Å²) >= 11 is 0. The quantitative estimate of drug-likeness (QED) is 0.615. The number of amides is 1. The Morgan fingerprint density at radius 1 is 1.21 bits per heavy atom. The lowest BCUT2D eigenvalue weighted by atomic mass is 10.1. The summed E-state index contributed by atoms with van der Waals surface area (Å²) in [6.45, 7) is 1.84. The number of nitrogens with zero attached hydrogens (tertiary/aromatic N) is 1. The zero-order valence-electron chi connectivity index (χ0n) is 11.6. The molecule has 0 radical (unpaired) electrons. The summed E-state index contributed by atoms with van der Waals surface area (Å²) in [6.07, 6.45) is 17.8. The van der Waals surface area contributed by atoms with Crippen molar-refractivity contribution in [1.29, 1.82) is 0 Å². The maximum Gasteiger partial charge on any atom is 0.417 e. The summed E-state index contributed by atoms with van der Waals surface area (Å²) in [5.74, 6) is 1.98. The normalized spacial score (nSPS) is 26.6. The first-order valence-corrected chi connectivity index (χ1v) is 6.78. The van der Waals surface area contributed by atoms with Crippen LogP contribution in [0.1, 0.15) is 26.2 Å². The Labute approximate surface area is 114 Å². The van der Waals surface area contributed by atoms with Gasteiger partial charge in [0.25, 0.3) is 0 Å². The van der Waals surface area contributed by atoms with Crippen LogP contribution in [-0.2, 0) is 4.74 Å². The Bertz CT molecular complexity index is 434. The van der Waals surface area contributed by atoms with E-state index in [0.29, 0.717) is 0 Å². The van der Waals surface area contributed by atoms with Crippen molar-refractivity contribution in [2.24, 2.45) is 11.8 Å². The van der Waals surface area contributed by atoms with Gasteiger partial charge >= 0.3 is 6.09 Å². The van der Waals surface area contributed by atoms with E-state index in [1.54, 1.807) is 12.3 Å². The number of ether oxygens (including phenoxy) is 1. The third kappa shape index (κ3) is 3.60.